The molecule has 1 aliphatic carbocycles. The maximum Gasteiger partial charge on any atom is 0.319 e. The zero-order valence-electron chi connectivity index (χ0n) is 20.7. The number of aromatic nitrogens is 2. The smallest absolute Gasteiger partial charge is 0.319 e. The van der Waals surface area contributed by atoms with Crippen molar-refractivity contribution < 1.29 is 19.1 Å². The molecule has 8 nitrogen and oxygen atoms in total. The van der Waals surface area contributed by atoms with Crippen molar-refractivity contribution in [2.45, 2.75) is 44.7 Å². The quantitative estimate of drug-likeness (QED) is 0.194. The summed E-state index contributed by atoms with van der Waals surface area (Å²) in [4.78, 5) is 32.6. The van der Waals surface area contributed by atoms with E-state index in [2.05, 4.69) is 25.9 Å². The first-order valence-electron chi connectivity index (χ1n) is 12.6. The SMILES string of the molecule is O=C(O)CCCNCc1ccc(-c2cc3nccc(Cc4ccc(NC(=O)NC5CC5)cc4F)c3s2)nc1. The van der Waals surface area contributed by atoms with Crippen LogP contribution in [0.15, 0.2) is 54.9 Å². The van der Waals surface area contributed by atoms with Gasteiger partial charge in [-0.2, -0.15) is 0 Å². The Bertz CT molecular complexity index is 1450. The number of hydrogen-bond donors (Lipinski definition) is 4. The molecule has 1 aliphatic rings. The Kier molecular flexibility index (Phi) is 7.90. The molecule has 0 unspecified atom stereocenters. The van der Waals surface area contributed by atoms with Crippen LogP contribution in [0.5, 0.6) is 0 Å². The van der Waals surface area contributed by atoms with Gasteiger partial charge in [-0.25, -0.2) is 9.18 Å². The lowest BCUT2D eigenvalue weighted by atomic mass is 10.0. The molecule has 4 N–H and O–H groups in total. The molecule has 0 spiro atoms. The highest BCUT2D eigenvalue weighted by molar-refractivity contribution is 7.22. The Morgan fingerprint density at radius 2 is 1.95 bits per heavy atom. The number of nitrogens with one attached hydrogen (secondary N) is 3. The summed E-state index contributed by atoms with van der Waals surface area (Å²) in [5.41, 5.74) is 4.62. The number of thiophene rings is 1. The van der Waals surface area contributed by atoms with Gasteiger partial charge in [0, 0.05) is 43.5 Å². The van der Waals surface area contributed by atoms with E-state index in [4.69, 9.17) is 5.11 Å². The molecule has 10 heteroatoms. The summed E-state index contributed by atoms with van der Waals surface area (Å²) in [6, 6.07) is 12.6. The molecule has 5 rings (SSSR count). The van der Waals surface area contributed by atoms with Gasteiger partial charge in [-0.1, -0.05) is 12.1 Å². The van der Waals surface area contributed by atoms with Crippen molar-refractivity contribution in [2.24, 2.45) is 0 Å². The Balaban J connectivity index is 1.25. The Morgan fingerprint density at radius 1 is 1.08 bits per heavy atom. The van der Waals surface area contributed by atoms with Gasteiger partial charge in [0.05, 0.1) is 20.8 Å². The number of aliphatic carboxylic acids is 1. The van der Waals surface area contributed by atoms with E-state index in [1.807, 2.05) is 30.5 Å². The normalized spacial score (nSPS) is 13.0. The molecule has 1 aromatic carbocycles. The third kappa shape index (κ3) is 6.70. The van der Waals surface area contributed by atoms with Crippen molar-refractivity contribution >= 4 is 39.2 Å². The first-order valence-corrected chi connectivity index (χ1v) is 13.4. The van der Waals surface area contributed by atoms with E-state index < -0.39 is 5.97 Å². The molecular weight excluding hydrogens is 505 g/mol. The van der Waals surface area contributed by atoms with Crippen molar-refractivity contribution in [2.75, 3.05) is 11.9 Å². The van der Waals surface area contributed by atoms with Crippen LogP contribution in [-0.2, 0) is 17.8 Å². The van der Waals surface area contributed by atoms with Crippen LogP contribution in [0.1, 0.15) is 42.4 Å². The molecular formula is C28H28FN5O3S. The molecule has 2 amide bonds. The first-order chi connectivity index (χ1) is 18.4. The number of pyridine rings is 2. The minimum absolute atomic E-state index is 0.153. The molecule has 196 valence electrons. The first kappa shape index (κ1) is 25.7. The molecule has 1 fully saturated rings. The van der Waals surface area contributed by atoms with Crippen LogP contribution in [-0.4, -0.2) is 39.7 Å². The van der Waals surface area contributed by atoms with Crippen LogP contribution < -0.4 is 16.0 Å². The van der Waals surface area contributed by atoms with Crippen molar-refractivity contribution in [1.82, 2.24) is 20.6 Å². The van der Waals surface area contributed by atoms with Gasteiger partial charge < -0.3 is 21.1 Å². The molecule has 0 saturated heterocycles. The topological polar surface area (TPSA) is 116 Å². The lowest BCUT2D eigenvalue weighted by molar-refractivity contribution is -0.137. The number of amides is 2. The number of carbonyl (C=O) groups is 2. The minimum atomic E-state index is -0.788. The van der Waals surface area contributed by atoms with Gasteiger partial charge in [0.2, 0.25) is 0 Å². The maximum atomic E-state index is 14.9. The molecule has 0 atom stereocenters. The number of halogens is 1. The average molecular weight is 534 g/mol. The molecule has 1 saturated carbocycles. The van der Waals surface area contributed by atoms with E-state index >= 15 is 0 Å². The molecule has 0 radical (unpaired) electrons. The highest BCUT2D eigenvalue weighted by atomic mass is 32.1. The zero-order valence-corrected chi connectivity index (χ0v) is 21.5. The van der Waals surface area contributed by atoms with Gasteiger partial charge in [0.1, 0.15) is 5.82 Å². The third-order valence-corrected chi connectivity index (χ3v) is 7.47. The van der Waals surface area contributed by atoms with Crippen LogP contribution in [0.25, 0.3) is 20.8 Å². The molecule has 38 heavy (non-hydrogen) atoms. The number of fused-ring (bicyclic) bond motifs is 1. The number of nitrogens with zero attached hydrogens (tertiary/aromatic N) is 2. The van der Waals surface area contributed by atoms with Crippen LogP contribution in [0, 0.1) is 5.82 Å². The molecule has 0 aliphatic heterocycles. The number of urea groups is 1. The fourth-order valence-corrected chi connectivity index (χ4v) is 5.19. The second-order valence-electron chi connectivity index (χ2n) is 9.38. The van der Waals surface area contributed by atoms with Crippen molar-refractivity contribution in [3.63, 3.8) is 0 Å². The van der Waals surface area contributed by atoms with Gasteiger partial charge in [0.25, 0.3) is 0 Å². The summed E-state index contributed by atoms with van der Waals surface area (Å²) in [5.74, 6) is -1.16. The van der Waals surface area contributed by atoms with Crippen LogP contribution in [0.4, 0.5) is 14.9 Å². The Morgan fingerprint density at radius 3 is 2.68 bits per heavy atom. The second kappa shape index (κ2) is 11.7. The van der Waals surface area contributed by atoms with Gasteiger partial charge in [-0.05, 0) is 72.8 Å². The van der Waals surface area contributed by atoms with Crippen LogP contribution >= 0.6 is 11.3 Å². The van der Waals surface area contributed by atoms with Crippen LogP contribution in [0.2, 0.25) is 0 Å². The molecule has 3 heterocycles. The van der Waals surface area contributed by atoms with Crippen molar-refractivity contribution in [3.8, 4) is 10.6 Å². The van der Waals surface area contributed by atoms with E-state index in [-0.39, 0.29) is 24.3 Å². The van der Waals surface area contributed by atoms with Gasteiger partial charge in [0.15, 0.2) is 0 Å². The number of carboxylic acids is 1. The fraction of sp³-hybridized carbons (Fsp3) is 0.286. The number of carboxylic acid groups (broad SMARTS) is 1. The third-order valence-electron chi connectivity index (χ3n) is 6.25. The number of rotatable bonds is 11. The number of anilines is 1. The van der Waals surface area contributed by atoms with E-state index in [0.717, 1.165) is 44.8 Å². The van der Waals surface area contributed by atoms with E-state index in [1.54, 1.807) is 29.7 Å². The molecule has 3 aromatic heterocycles. The number of hydrogen-bond acceptors (Lipinski definition) is 6. The fourth-order valence-electron chi connectivity index (χ4n) is 4.08. The predicted octanol–water partition coefficient (Wildman–Crippen LogP) is 5.33. The van der Waals surface area contributed by atoms with Gasteiger partial charge in [-0.15, -0.1) is 11.3 Å². The predicted molar refractivity (Wildman–Crippen MR) is 146 cm³/mol. The van der Waals surface area contributed by atoms with Crippen molar-refractivity contribution in [3.05, 3.63) is 77.4 Å². The molecule has 4 aromatic rings. The van der Waals surface area contributed by atoms with Gasteiger partial charge in [-0.3, -0.25) is 14.8 Å². The largest absolute Gasteiger partial charge is 0.481 e. The monoisotopic (exact) mass is 533 g/mol. The Hall–Kier alpha value is -3.89. The summed E-state index contributed by atoms with van der Waals surface area (Å²) in [6.45, 7) is 1.25. The minimum Gasteiger partial charge on any atom is -0.481 e. The Labute approximate surface area is 223 Å². The summed E-state index contributed by atoms with van der Waals surface area (Å²) < 4.78 is 15.9. The van der Waals surface area contributed by atoms with E-state index in [1.165, 1.54) is 6.07 Å². The molecule has 0 bridgehead atoms. The zero-order chi connectivity index (χ0) is 26.5. The standard InChI is InChI=1S/C28H28FN5O3S/c29-22-13-21(34-28(37)33-20-6-7-20)5-4-18(22)12-19-9-11-31-24-14-25(38-27(19)24)23-8-3-17(16-32-23)15-30-10-1-2-26(35)36/h3-5,8-9,11,13-14,16,20,30H,1-2,6-7,10,12,15H2,(H,35,36)(H2,33,34,37). The van der Waals surface area contributed by atoms with E-state index in [0.29, 0.717) is 37.2 Å². The number of benzene rings is 1. The van der Waals surface area contributed by atoms with Gasteiger partial charge >= 0.3 is 12.0 Å². The second-order valence-corrected chi connectivity index (χ2v) is 10.4. The summed E-state index contributed by atoms with van der Waals surface area (Å²) in [7, 11) is 0. The highest BCUT2D eigenvalue weighted by Crippen LogP contribution is 2.34. The average Bonchev–Trinajstić information content (AvgIpc) is 3.59. The summed E-state index contributed by atoms with van der Waals surface area (Å²) in [5, 5.41) is 17.5. The summed E-state index contributed by atoms with van der Waals surface area (Å²) in [6.07, 6.45) is 6.66. The lowest BCUT2D eigenvalue weighted by Gasteiger charge is -2.09. The number of carbonyl (C=O) groups excluding carboxylic acids is 1. The maximum absolute atomic E-state index is 14.9. The van der Waals surface area contributed by atoms with Crippen molar-refractivity contribution in [1.29, 1.82) is 0 Å². The highest BCUT2D eigenvalue weighted by Gasteiger charge is 2.23. The lowest BCUT2D eigenvalue weighted by Crippen LogP contribution is -2.30. The van der Waals surface area contributed by atoms with E-state index in [9.17, 15) is 14.0 Å². The van der Waals surface area contributed by atoms with Crippen LogP contribution in [0.3, 0.4) is 0 Å². The summed E-state index contributed by atoms with van der Waals surface area (Å²) >= 11 is 1.57.